The highest BCUT2D eigenvalue weighted by atomic mass is 16.6. The number of aliphatic hydroxyl groups excluding tert-OH is 1. The van der Waals surface area contributed by atoms with Gasteiger partial charge in [-0.15, -0.1) is 0 Å². The Morgan fingerprint density at radius 1 is 0.843 bits per heavy atom. The van der Waals surface area contributed by atoms with Gasteiger partial charge in [0, 0.05) is 62.3 Å². The summed E-state index contributed by atoms with van der Waals surface area (Å²) in [7, 11) is 1.95. The van der Waals surface area contributed by atoms with Crippen LogP contribution in [0.2, 0.25) is 0 Å². The zero-order valence-electron chi connectivity index (χ0n) is 30.4. The number of para-hydroxylation sites is 1. The molecule has 51 heavy (non-hydrogen) atoms. The van der Waals surface area contributed by atoms with Crippen molar-refractivity contribution in [3.63, 3.8) is 0 Å². The molecule has 268 valence electrons. The second-order valence-corrected chi connectivity index (χ2v) is 13.8. The summed E-state index contributed by atoms with van der Waals surface area (Å²) >= 11 is 0. The van der Waals surface area contributed by atoms with Crippen molar-refractivity contribution in [2.24, 2.45) is 7.05 Å². The van der Waals surface area contributed by atoms with Gasteiger partial charge in [-0.05, 0) is 85.2 Å². The van der Waals surface area contributed by atoms with Gasteiger partial charge in [-0.1, -0.05) is 69.2 Å². The average molecular weight is 691 g/mol. The Morgan fingerprint density at radius 2 is 1.53 bits per heavy atom. The first-order valence-electron chi connectivity index (χ1n) is 18.4. The topological polar surface area (TPSA) is 95.3 Å². The Kier molecular flexibility index (Phi) is 11.3. The van der Waals surface area contributed by atoms with Gasteiger partial charge >= 0.3 is 6.09 Å². The van der Waals surface area contributed by atoms with Crippen molar-refractivity contribution in [3.05, 3.63) is 112 Å². The molecule has 4 aromatic rings. The molecule has 1 N–H and O–H groups in total. The SMILES string of the molecule is CCCCN(CCCC)C(=O)c1cc(-c2cc3c(cc2C(=O)N2Cc4ccccc4C[C@H]2CO)CN(C(=O)Oc2ccccc2)CC3)n(C)c1C. The van der Waals surface area contributed by atoms with E-state index in [1.165, 1.54) is 0 Å². The van der Waals surface area contributed by atoms with Crippen LogP contribution in [0.4, 0.5) is 4.79 Å². The Morgan fingerprint density at radius 3 is 2.22 bits per heavy atom. The van der Waals surface area contributed by atoms with Gasteiger partial charge in [0.1, 0.15) is 5.75 Å². The van der Waals surface area contributed by atoms with Gasteiger partial charge in [0.15, 0.2) is 0 Å². The molecular weight excluding hydrogens is 640 g/mol. The normalized spacial score (nSPS) is 15.3. The quantitative estimate of drug-likeness (QED) is 0.180. The summed E-state index contributed by atoms with van der Waals surface area (Å²) in [5.41, 5.74) is 7.63. The van der Waals surface area contributed by atoms with Gasteiger partial charge in [-0.2, -0.15) is 0 Å². The third-order valence-electron chi connectivity index (χ3n) is 10.5. The van der Waals surface area contributed by atoms with Gasteiger partial charge < -0.3 is 29.1 Å². The van der Waals surface area contributed by atoms with Gasteiger partial charge in [-0.25, -0.2) is 4.79 Å². The van der Waals surface area contributed by atoms with Gasteiger partial charge in [0.25, 0.3) is 11.8 Å². The van der Waals surface area contributed by atoms with Crippen molar-refractivity contribution < 1.29 is 24.2 Å². The second kappa shape index (κ2) is 16.0. The number of nitrogens with zero attached hydrogens (tertiary/aromatic N) is 4. The van der Waals surface area contributed by atoms with Crippen LogP contribution in [0.5, 0.6) is 5.75 Å². The number of aliphatic hydroxyl groups is 1. The lowest BCUT2D eigenvalue weighted by Gasteiger charge is -2.37. The highest BCUT2D eigenvalue weighted by Crippen LogP contribution is 2.35. The van der Waals surface area contributed by atoms with E-state index in [9.17, 15) is 19.5 Å². The van der Waals surface area contributed by atoms with Crippen LogP contribution in [0.1, 0.15) is 88.2 Å². The summed E-state index contributed by atoms with van der Waals surface area (Å²) in [4.78, 5) is 47.5. The number of carbonyl (C=O) groups is 3. The fourth-order valence-corrected chi connectivity index (χ4v) is 7.31. The van der Waals surface area contributed by atoms with Crippen LogP contribution in [0.3, 0.4) is 0 Å². The zero-order chi connectivity index (χ0) is 36.1. The first-order valence-corrected chi connectivity index (χ1v) is 18.4. The molecule has 1 atom stereocenters. The number of hydrogen-bond acceptors (Lipinski definition) is 5. The molecule has 0 radical (unpaired) electrons. The van der Waals surface area contributed by atoms with Crippen LogP contribution < -0.4 is 4.74 Å². The molecular formula is C42H50N4O5. The van der Waals surface area contributed by atoms with Crippen LogP contribution in [0.15, 0.2) is 72.8 Å². The minimum absolute atomic E-state index is 0.0163. The van der Waals surface area contributed by atoms with Crippen molar-refractivity contribution in [2.75, 3.05) is 26.2 Å². The highest BCUT2D eigenvalue weighted by molar-refractivity contribution is 6.03. The van der Waals surface area contributed by atoms with E-state index in [2.05, 4.69) is 26.0 Å². The molecule has 2 aliphatic rings. The van der Waals surface area contributed by atoms with Crippen molar-refractivity contribution in [1.29, 1.82) is 0 Å². The molecule has 0 unspecified atom stereocenters. The molecule has 3 heterocycles. The van der Waals surface area contributed by atoms with Crippen LogP contribution in [-0.2, 0) is 33.0 Å². The standard InChI is InChI=1S/C42H50N4O5/c1-5-7-19-44(20-8-6-2)40(48)36-25-39(43(4)29(36)3)37-23-31-18-21-45(42(50)51-35-16-10-9-11-17-35)26-33(31)24-38(37)41(49)46-27-32-15-13-12-14-30(32)22-34(46)28-47/h9-17,23-25,34,47H,5-8,18-22,26-28H2,1-4H3/t34-/m0/s1. The Bertz CT molecular complexity index is 1880. The van der Waals surface area contributed by atoms with E-state index < -0.39 is 6.09 Å². The van der Waals surface area contributed by atoms with E-state index in [0.29, 0.717) is 62.4 Å². The number of aromatic nitrogens is 1. The van der Waals surface area contributed by atoms with Gasteiger partial charge in [-0.3, -0.25) is 9.59 Å². The predicted molar refractivity (Wildman–Crippen MR) is 199 cm³/mol. The number of unbranched alkanes of at least 4 members (excludes halogenated alkanes) is 2. The van der Waals surface area contributed by atoms with Gasteiger partial charge in [0.2, 0.25) is 0 Å². The summed E-state index contributed by atoms with van der Waals surface area (Å²) in [6, 6.07) is 22.6. The van der Waals surface area contributed by atoms with E-state index in [-0.39, 0.29) is 24.5 Å². The number of rotatable bonds is 11. The van der Waals surface area contributed by atoms with E-state index >= 15 is 0 Å². The monoisotopic (exact) mass is 690 g/mol. The Labute approximate surface area is 301 Å². The molecule has 0 saturated carbocycles. The third kappa shape index (κ3) is 7.59. The Hall–Kier alpha value is -4.89. The van der Waals surface area contributed by atoms with Gasteiger partial charge in [0.05, 0.1) is 18.2 Å². The van der Waals surface area contributed by atoms with Crippen molar-refractivity contribution in [1.82, 2.24) is 19.3 Å². The van der Waals surface area contributed by atoms with Crippen LogP contribution in [0, 0.1) is 6.92 Å². The molecule has 0 saturated heterocycles. The lowest BCUT2D eigenvalue weighted by molar-refractivity contribution is 0.0544. The minimum Gasteiger partial charge on any atom is -0.410 e. The lowest BCUT2D eigenvalue weighted by Crippen LogP contribution is -2.46. The van der Waals surface area contributed by atoms with Crippen LogP contribution >= 0.6 is 0 Å². The third-order valence-corrected chi connectivity index (χ3v) is 10.5. The summed E-state index contributed by atoms with van der Waals surface area (Å²) in [6.07, 6.45) is 4.61. The van der Waals surface area contributed by atoms with Crippen molar-refractivity contribution in [2.45, 2.75) is 78.4 Å². The maximum atomic E-state index is 14.8. The fourth-order valence-electron chi connectivity index (χ4n) is 7.31. The smallest absolute Gasteiger partial charge is 0.410 e. The molecule has 0 bridgehead atoms. The molecule has 6 rings (SSSR count). The number of benzene rings is 3. The number of carbonyl (C=O) groups excluding carboxylic acids is 3. The molecule has 0 aliphatic carbocycles. The summed E-state index contributed by atoms with van der Waals surface area (Å²) in [6.45, 7) is 8.65. The average Bonchev–Trinajstić information content (AvgIpc) is 3.46. The summed E-state index contributed by atoms with van der Waals surface area (Å²) in [5, 5.41) is 10.5. The largest absolute Gasteiger partial charge is 0.415 e. The van der Waals surface area contributed by atoms with E-state index in [4.69, 9.17) is 4.74 Å². The molecule has 3 aromatic carbocycles. The van der Waals surface area contributed by atoms with Crippen LogP contribution in [-0.4, -0.2) is 74.6 Å². The maximum absolute atomic E-state index is 14.8. The summed E-state index contributed by atoms with van der Waals surface area (Å²) in [5.74, 6) is 0.305. The fraction of sp³-hybridized carbons (Fsp3) is 0.405. The lowest BCUT2D eigenvalue weighted by atomic mass is 9.89. The number of amides is 3. The number of hydrogen-bond donors (Lipinski definition) is 1. The van der Waals surface area contributed by atoms with Crippen molar-refractivity contribution in [3.8, 4) is 17.0 Å². The zero-order valence-corrected chi connectivity index (χ0v) is 30.4. The Balaban J connectivity index is 1.40. The first-order chi connectivity index (χ1) is 24.7. The van der Waals surface area contributed by atoms with E-state index in [0.717, 1.165) is 64.9 Å². The first kappa shape index (κ1) is 35.9. The molecule has 9 nitrogen and oxygen atoms in total. The molecule has 9 heteroatoms. The molecule has 1 aromatic heterocycles. The summed E-state index contributed by atoms with van der Waals surface area (Å²) < 4.78 is 7.68. The van der Waals surface area contributed by atoms with Crippen LogP contribution in [0.25, 0.3) is 11.3 Å². The number of fused-ring (bicyclic) bond motifs is 2. The minimum atomic E-state index is -0.436. The van der Waals surface area contributed by atoms with E-state index in [1.54, 1.807) is 21.9 Å². The predicted octanol–water partition coefficient (Wildman–Crippen LogP) is 7.16. The van der Waals surface area contributed by atoms with Crippen molar-refractivity contribution >= 4 is 17.9 Å². The molecule has 2 aliphatic heterocycles. The maximum Gasteiger partial charge on any atom is 0.415 e. The molecule has 0 fully saturated rings. The second-order valence-electron chi connectivity index (χ2n) is 13.8. The number of ether oxygens (including phenoxy) is 1. The highest BCUT2D eigenvalue weighted by Gasteiger charge is 2.34. The van der Waals surface area contributed by atoms with E-state index in [1.807, 2.05) is 72.0 Å². The molecule has 3 amide bonds. The molecule has 0 spiro atoms.